The summed E-state index contributed by atoms with van der Waals surface area (Å²) < 4.78 is 2.03. The molecule has 0 aliphatic carbocycles. The second kappa shape index (κ2) is 5.86. The SMILES string of the molecule is Cc1cccc(C)c1N=Nc1c(C(C)(C)C)nc2c(C)cccn12. The van der Waals surface area contributed by atoms with E-state index in [0.717, 1.165) is 39.5 Å². The quantitative estimate of drug-likeness (QED) is 0.536. The van der Waals surface area contributed by atoms with Gasteiger partial charge in [-0.05, 0) is 43.5 Å². The zero-order valence-corrected chi connectivity index (χ0v) is 15.3. The van der Waals surface area contributed by atoms with Crippen LogP contribution in [-0.4, -0.2) is 9.38 Å². The lowest BCUT2D eigenvalue weighted by atomic mass is 9.92. The lowest BCUT2D eigenvalue weighted by Gasteiger charge is -2.15. The van der Waals surface area contributed by atoms with Gasteiger partial charge in [-0.3, -0.25) is 4.40 Å². The van der Waals surface area contributed by atoms with Crippen LogP contribution in [0.15, 0.2) is 46.8 Å². The highest BCUT2D eigenvalue weighted by atomic mass is 15.2. The van der Waals surface area contributed by atoms with Crippen molar-refractivity contribution in [3.8, 4) is 0 Å². The van der Waals surface area contributed by atoms with Crippen molar-refractivity contribution in [2.45, 2.75) is 47.0 Å². The molecule has 0 bridgehead atoms. The molecule has 2 heterocycles. The summed E-state index contributed by atoms with van der Waals surface area (Å²) in [7, 11) is 0. The molecule has 24 heavy (non-hydrogen) atoms. The Morgan fingerprint density at radius 2 is 1.50 bits per heavy atom. The van der Waals surface area contributed by atoms with E-state index in [2.05, 4.69) is 70.0 Å². The third kappa shape index (κ3) is 2.84. The summed E-state index contributed by atoms with van der Waals surface area (Å²) in [6.07, 6.45) is 2.00. The van der Waals surface area contributed by atoms with Crippen LogP contribution in [0.3, 0.4) is 0 Å². The molecule has 0 aliphatic heterocycles. The monoisotopic (exact) mass is 320 g/mol. The van der Waals surface area contributed by atoms with Gasteiger partial charge in [0.25, 0.3) is 0 Å². The van der Waals surface area contributed by atoms with Gasteiger partial charge in [0.05, 0.1) is 11.4 Å². The van der Waals surface area contributed by atoms with E-state index in [9.17, 15) is 0 Å². The molecule has 2 aromatic heterocycles. The van der Waals surface area contributed by atoms with Crippen molar-refractivity contribution < 1.29 is 0 Å². The number of pyridine rings is 1. The first kappa shape index (κ1) is 16.4. The van der Waals surface area contributed by atoms with Gasteiger partial charge < -0.3 is 0 Å². The average molecular weight is 320 g/mol. The Kier molecular flexibility index (Phi) is 3.99. The van der Waals surface area contributed by atoms with Crippen molar-refractivity contribution in [3.05, 3.63) is 58.9 Å². The number of azo groups is 1. The Morgan fingerprint density at radius 1 is 0.875 bits per heavy atom. The normalized spacial score (nSPS) is 12.4. The predicted molar refractivity (Wildman–Crippen MR) is 98.7 cm³/mol. The fourth-order valence-electron chi connectivity index (χ4n) is 2.85. The minimum absolute atomic E-state index is 0.104. The predicted octanol–water partition coefficient (Wildman–Crippen LogP) is 5.97. The highest BCUT2D eigenvalue weighted by Gasteiger charge is 2.24. The molecule has 3 aromatic rings. The lowest BCUT2D eigenvalue weighted by Crippen LogP contribution is -2.11. The zero-order chi connectivity index (χ0) is 17.5. The lowest BCUT2D eigenvalue weighted by molar-refractivity contribution is 0.573. The summed E-state index contributed by atoms with van der Waals surface area (Å²) in [5.41, 5.74) is 6.12. The van der Waals surface area contributed by atoms with Crippen molar-refractivity contribution in [2.24, 2.45) is 10.2 Å². The minimum atomic E-state index is -0.104. The number of fused-ring (bicyclic) bond motifs is 1. The van der Waals surface area contributed by atoms with E-state index in [0.29, 0.717) is 0 Å². The van der Waals surface area contributed by atoms with E-state index < -0.39 is 0 Å². The van der Waals surface area contributed by atoms with Crippen LogP contribution in [0.25, 0.3) is 5.65 Å². The second-order valence-corrected chi connectivity index (χ2v) is 7.36. The summed E-state index contributed by atoms with van der Waals surface area (Å²) >= 11 is 0. The van der Waals surface area contributed by atoms with E-state index in [1.54, 1.807) is 0 Å². The molecule has 0 aliphatic rings. The maximum absolute atomic E-state index is 4.85. The van der Waals surface area contributed by atoms with E-state index in [-0.39, 0.29) is 5.41 Å². The molecule has 0 unspecified atom stereocenters. The van der Waals surface area contributed by atoms with Gasteiger partial charge in [0.1, 0.15) is 5.65 Å². The Hall–Kier alpha value is -2.49. The van der Waals surface area contributed by atoms with Crippen molar-refractivity contribution in [1.82, 2.24) is 9.38 Å². The molecule has 0 radical (unpaired) electrons. The Labute approximate surface area is 143 Å². The molecule has 0 saturated heterocycles. The van der Waals surface area contributed by atoms with Crippen LogP contribution >= 0.6 is 0 Å². The Bertz CT molecular complexity index is 906. The molecule has 0 fully saturated rings. The van der Waals surface area contributed by atoms with Crippen LogP contribution in [-0.2, 0) is 5.41 Å². The molecule has 0 saturated carbocycles. The molecular weight excluding hydrogens is 296 g/mol. The fraction of sp³-hybridized carbons (Fsp3) is 0.350. The summed E-state index contributed by atoms with van der Waals surface area (Å²) in [5.74, 6) is 0.809. The van der Waals surface area contributed by atoms with Crippen molar-refractivity contribution in [2.75, 3.05) is 0 Å². The summed E-state index contributed by atoms with van der Waals surface area (Å²) in [5, 5.41) is 9.19. The van der Waals surface area contributed by atoms with E-state index >= 15 is 0 Å². The summed E-state index contributed by atoms with van der Waals surface area (Å²) in [4.78, 5) is 4.85. The van der Waals surface area contributed by atoms with Gasteiger partial charge in [-0.2, -0.15) is 0 Å². The maximum atomic E-state index is 4.85. The standard InChI is InChI=1S/C20H24N4/c1-13-9-7-10-14(2)16(13)22-23-19-17(20(4,5)6)21-18-15(3)11-8-12-24(18)19/h7-12H,1-6H3. The number of imidazole rings is 1. The number of hydrogen-bond donors (Lipinski definition) is 0. The number of benzene rings is 1. The summed E-state index contributed by atoms with van der Waals surface area (Å²) in [6, 6.07) is 10.3. The van der Waals surface area contributed by atoms with E-state index in [1.165, 1.54) is 0 Å². The van der Waals surface area contributed by atoms with Crippen LogP contribution in [0, 0.1) is 20.8 Å². The fourth-order valence-corrected chi connectivity index (χ4v) is 2.85. The number of hydrogen-bond acceptors (Lipinski definition) is 3. The first-order valence-electron chi connectivity index (χ1n) is 8.25. The van der Waals surface area contributed by atoms with Gasteiger partial charge in [0, 0.05) is 11.6 Å². The highest BCUT2D eigenvalue weighted by molar-refractivity contribution is 5.58. The molecule has 0 N–H and O–H groups in total. The molecule has 0 spiro atoms. The van der Waals surface area contributed by atoms with E-state index in [4.69, 9.17) is 4.98 Å². The van der Waals surface area contributed by atoms with Gasteiger partial charge in [0.15, 0.2) is 5.82 Å². The van der Waals surface area contributed by atoms with Crippen molar-refractivity contribution >= 4 is 17.2 Å². The average Bonchev–Trinajstić information content (AvgIpc) is 2.87. The topological polar surface area (TPSA) is 42.0 Å². The molecule has 4 nitrogen and oxygen atoms in total. The van der Waals surface area contributed by atoms with Crippen molar-refractivity contribution in [1.29, 1.82) is 0 Å². The number of nitrogens with zero attached hydrogens (tertiary/aromatic N) is 4. The van der Waals surface area contributed by atoms with Gasteiger partial charge in [0.2, 0.25) is 0 Å². The third-order valence-corrected chi connectivity index (χ3v) is 4.21. The number of rotatable bonds is 2. The first-order valence-corrected chi connectivity index (χ1v) is 8.25. The largest absolute Gasteiger partial charge is 0.283 e. The molecule has 0 atom stereocenters. The second-order valence-electron chi connectivity index (χ2n) is 7.36. The number of aryl methyl sites for hydroxylation is 3. The van der Waals surface area contributed by atoms with Crippen LogP contribution in [0.2, 0.25) is 0 Å². The molecule has 124 valence electrons. The van der Waals surface area contributed by atoms with Gasteiger partial charge in [-0.15, -0.1) is 10.2 Å². The van der Waals surface area contributed by atoms with Gasteiger partial charge >= 0.3 is 0 Å². The zero-order valence-electron chi connectivity index (χ0n) is 15.3. The maximum Gasteiger partial charge on any atom is 0.183 e. The Morgan fingerprint density at radius 3 is 2.12 bits per heavy atom. The van der Waals surface area contributed by atoms with Crippen molar-refractivity contribution in [3.63, 3.8) is 0 Å². The highest BCUT2D eigenvalue weighted by Crippen LogP contribution is 2.34. The minimum Gasteiger partial charge on any atom is -0.283 e. The first-order chi connectivity index (χ1) is 11.3. The van der Waals surface area contributed by atoms with Crippen LogP contribution in [0.5, 0.6) is 0 Å². The molecular formula is C20H24N4. The number of aromatic nitrogens is 2. The van der Waals surface area contributed by atoms with Gasteiger partial charge in [-0.1, -0.05) is 45.0 Å². The van der Waals surface area contributed by atoms with Crippen LogP contribution in [0.4, 0.5) is 11.5 Å². The Balaban J connectivity index is 2.22. The van der Waals surface area contributed by atoms with E-state index in [1.807, 2.05) is 22.7 Å². The van der Waals surface area contributed by atoms with Crippen LogP contribution in [0.1, 0.15) is 43.2 Å². The smallest absolute Gasteiger partial charge is 0.183 e. The molecule has 1 aromatic carbocycles. The molecule has 4 heteroatoms. The molecule has 0 amide bonds. The van der Waals surface area contributed by atoms with Gasteiger partial charge in [-0.25, -0.2) is 4.98 Å². The van der Waals surface area contributed by atoms with Crippen LogP contribution < -0.4 is 0 Å². The third-order valence-electron chi connectivity index (χ3n) is 4.21. The summed E-state index contributed by atoms with van der Waals surface area (Å²) in [6.45, 7) is 12.7. The molecule has 3 rings (SSSR count).